The van der Waals surface area contributed by atoms with Gasteiger partial charge >= 0.3 is 12.2 Å². The van der Waals surface area contributed by atoms with Gasteiger partial charge in [0.15, 0.2) is 0 Å². The standard InChI is InChI=1S/C33H44F5N3O2/c1-7-23(21-24(8-2)33(36,37)38)28(29(42)39-26-16-18-32(34,35)19-17-26)41(30(43)40-20-10-9-11-22(40)3)27-14-12-25(13-15-27)31(4,5)6/h7-8,12-15,21-22,26,28H,1,9-11,16-20H2,2-6H3,(H,39,42)/b23-21+,24-8+. The highest BCUT2D eigenvalue weighted by atomic mass is 19.4. The van der Waals surface area contributed by atoms with E-state index in [1.54, 1.807) is 17.0 Å². The zero-order chi connectivity index (χ0) is 32.2. The first kappa shape index (κ1) is 34.3. The fraction of sp³-hybridized carbons (Fsp3) is 0.576. The Hall–Kier alpha value is -3.17. The van der Waals surface area contributed by atoms with Gasteiger partial charge in [-0.2, -0.15) is 13.2 Å². The van der Waals surface area contributed by atoms with E-state index < -0.39 is 54.5 Å². The van der Waals surface area contributed by atoms with Crippen LogP contribution in [-0.4, -0.2) is 53.6 Å². The molecular weight excluding hydrogens is 565 g/mol. The second kappa shape index (κ2) is 13.6. The minimum absolute atomic E-state index is 0.0125. The Morgan fingerprint density at radius 3 is 2.16 bits per heavy atom. The fourth-order valence-corrected chi connectivity index (χ4v) is 5.65. The third-order valence-corrected chi connectivity index (χ3v) is 8.35. The molecule has 0 radical (unpaired) electrons. The monoisotopic (exact) mass is 609 g/mol. The van der Waals surface area contributed by atoms with E-state index in [2.05, 4.69) is 11.9 Å². The number of allylic oxidation sites excluding steroid dienone is 3. The Kier molecular flexibility index (Phi) is 10.9. The molecule has 0 aromatic heterocycles. The third kappa shape index (κ3) is 8.70. The number of alkyl halides is 5. The van der Waals surface area contributed by atoms with Gasteiger partial charge in [0.2, 0.25) is 11.8 Å². The number of rotatable bonds is 7. The predicted molar refractivity (Wildman–Crippen MR) is 160 cm³/mol. The number of piperidine rings is 1. The summed E-state index contributed by atoms with van der Waals surface area (Å²) in [5, 5.41) is 2.78. The molecule has 2 atom stereocenters. The van der Waals surface area contributed by atoms with Gasteiger partial charge < -0.3 is 10.2 Å². The zero-order valence-electron chi connectivity index (χ0n) is 25.7. The highest BCUT2D eigenvalue weighted by Gasteiger charge is 2.41. The van der Waals surface area contributed by atoms with E-state index in [4.69, 9.17) is 0 Å². The lowest BCUT2D eigenvalue weighted by Crippen LogP contribution is -2.58. The molecule has 1 saturated carbocycles. The summed E-state index contributed by atoms with van der Waals surface area (Å²) in [5.41, 5.74) is -0.0602. The zero-order valence-corrected chi connectivity index (χ0v) is 25.7. The molecule has 3 rings (SSSR count). The molecule has 1 saturated heterocycles. The van der Waals surface area contributed by atoms with Crippen molar-refractivity contribution in [3.05, 3.63) is 65.8 Å². The molecule has 1 aliphatic heterocycles. The number of halogens is 5. The number of benzene rings is 1. The van der Waals surface area contributed by atoms with Gasteiger partial charge in [0.1, 0.15) is 6.04 Å². The van der Waals surface area contributed by atoms with Crippen molar-refractivity contribution in [1.29, 1.82) is 0 Å². The summed E-state index contributed by atoms with van der Waals surface area (Å²) in [6.07, 6.45) is -0.224. The molecule has 1 aliphatic carbocycles. The minimum atomic E-state index is -4.72. The Morgan fingerprint density at radius 2 is 1.67 bits per heavy atom. The number of amides is 3. The van der Waals surface area contributed by atoms with Crippen LogP contribution < -0.4 is 10.2 Å². The number of likely N-dealkylation sites (tertiary alicyclic amines) is 1. The van der Waals surface area contributed by atoms with Crippen LogP contribution in [0, 0.1) is 0 Å². The summed E-state index contributed by atoms with van der Waals surface area (Å²) >= 11 is 0. The fourth-order valence-electron chi connectivity index (χ4n) is 5.65. The van der Waals surface area contributed by atoms with Crippen LogP contribution in [0.25, 0.3) is 0 Å². The molecule has 1 aromatic rings. The number of carbonyl (C=O) groups is 2. The third-order valence-electron chi connectivity index (χ3n) is 8.35. The van der Waals surface area contributed by atoms with Crippen LogP contribution in [0.15, 0.2) is 60.2 Å². The van der Waals surface area contributed by atoms with Crippen LogP contribution in [0.2, 0.25) is 0 Å². The minimum Gasteiger partial charge on any atom is -0.351 e. The molecule has 2 unspecified atom stereocenters. The second-order valence-electron chi connectivity index (χ2n) is 12.6. The van der Waals surface area contributed by atoms with Gasteiger partial charge in [0.25, 0.3) is 0 Å². The average Bonchev–Trinajstić information content (AvgIpc) is 2.93. The molecule has 2 fully saturated rings. The molecule has 0 spiro atoms. The molecule has 5 nitrogen and oxygen atoms in total. The SMILES string of the molecule is C=C/C(=C\C(=C/C)C(F)(F)F)C(C(=O)NC1CCC(F)(F)CC1)N(C(=O)N1CCCCC1C)c1ccc(C(C)(C)C)cc1. The van der Waals surface area contributed by atoms with Gasteiger partial charge in [0, 0.05) is 37.2 Å². The maximum atomic E-state index is 14.4. The van der Waals surface area contributed by atoms with E-state index in [-0.39, 0.29) is 29.9 Å². The predicted octanol–water partition coefficient (Wildman–Crippen LogP) is 8.47. The van der Waals surface area contributed by atoms with Gasteiger partial charge in [-0.25, -0.2) is 13.6 Å². The quantitative estimate of drug-likeness (QED) is 0.249. The molecule has 1 aromatic carbocycles. The molecule has 3 amide bonds. The topological polar surface area (TPSA) is 52.7 Å². The van der Waals surface area contributed by atoms with Crippen LogP contribution in [0.5, 0.6) is 0 Å². The number of hydrogen-bond acceptors (Lipinski definition) is 2. The Labute approximate surface area is 251 Å². The lowest BCUT2D eigenvalue weighted by molar-refractivity contribution is -0.123. The molecule has 0 bridgehead atoms. The number of nitrogens with zero attached hydrogens (tertiary/aromatic N) is 2. The maximum absolute atomic E-state index is 14.4. The van der Waals surface area contributed by atoms with E-state index in [1.165, 1.54) is 11.8 Å². The number of carbonyl (C=O) groups excluding carboxylic acids is 2. The van der Waals surface area contributed by atoms with Gasteiger partial charge in [-0.1, -0.05) is 51.6 Å². The molecule has 43 heavy (non-hydrogen) atoms. The number of anilines is 1. The van der Waals surface area contributed by atoms with Crippen molar-refractivity contribution >= 4 is 17.6 Å². The molecule has 1 N–H and O–H groups in total. The Balaban J connectivity index is 2.19. The molecule has 10 heteroatoms. The van der Waals surface area contributed by atoms with Crippen LogP contribution in [0.4, 0.5) is 32.4 Å². The van der Waals surface area contributed by atoms with E-state index in [9.17, 15) is 31.5 Å². The smallest absolute Gasteiger partial charge is 0.351 e. The van der Waals surface area contributed by atoms with Crippen LogP contribution in [0.3, 0.4) is 0 Å². The summed E-state index contributed by atoms with van der Waals surface area (Å²) in [4.78, 5) is 31.3. The molecule has 2 aliphatic rings. The van der Waals surface area contributed by atoms with E-state index >= 15 is 0 Å². The van der Waals surface area contributed by atoms with Crippen molar-refractivity contribution in [2.45, 2.75) is 115 Å². The Bertz CT molecular complexity index is 1200. The second-order valence-corrected chi connectivity index (χ2v) is 12.6. The van der Waals surface area contributed by atoms with Crippen molar-refractivity contribution in [3.63, 3.8) is 0 Å². The number of urea groups is 1. The first-order valence-electron chi connectivity index (χ1n) is 14.9. The van der Waals surface area contributed by atoms with Crippen molar-refractivity contribution in [2.24, 2.45) is 0 Å². The number of nitrogens with one attached hydrogen (secondary N) is 1. The van der Waals surface area contributed by atoms with Gasteiger partial charge in [0.05, 0.1) is 5.57 Å². The van der Waals surface area contributed by atoms with Crippen molar-refractivity contribution in [1.82, 2.24) is 10.2 Å². The summed E-state index contributed by atoms with van der Waals surface area (Å²) in [6, 6.07) is 4.21. The van der Waals surface area contributed by atoms with Gasteiger partial charge in [-0.15, -0.1) is 0 Å². The Morgan fingerprint density at radius 1 is 1.07 bits per heavy atom. The van der Waals surface area contributed by atoms with E-state index in [1.807, 2.05) is 39.8 Å². The van der Waals surface area contributed by atoms with E-state index in [0.717, 1.165) is 43.1 Å². The van der Waals surface area contributed by atoms with E-state index in [0.29, 0.717) is 12.2 Å². The van der Waals surface area contributed by atoms with Crippen LogP contribution >= 0.6 is 0 Å². The molecule has 238 valence electrons. The van der Waals surface area contributed by atoms with Gasteiger partial charge in [-0.05, 0) is 80.7 Å². The average molecular weight is 610 g/mol. The summed E-state index contributed by atoms with van der Waals surface area (Å²) in [5.74, 6) is -3.58. The highest BCUT2D eigenvalue weighted by molar-refractivity contribution is 6.02. The normalized spacial score (nSPS) is 21.3. The summed E-state index contributed by atoms with van der Waals surface area (Å²) in [6.45, 7) is 13.4. The van der Waals surface area contributed by atoms with Crippen LogP contribution in [0.1, 0.15) is 85.1 Å². The van der Waals surface area contributed by atoms with Crippen LogP contribution in [-0.2, 0) is 10.2 Å². The van der Waals surface area contributed by atoms with Gasteiger partial charge in [-0.3, -0.25) is 9.69 Å². The van der Waals surface area contributed by atoms with Crippen molar-refractivity contribution < 1.29 is 31.5 Å². The highest BCUT2D eigenvalue weighted by Crippen LogP contribution is 2.35. The first-order chi connectivity index (χ1) is 20.0. The molecule has 1 heterocycles. The summed E-state index contributed by atoms with van der Waals surface area (Å²) in [7, 11) is 0. The largest absolute Gasteiger partial charge is 0.416 e. The lowest BCUT2D eigenvalue weighted by atomic mass is 9.87. The lowest BCUT2D eigenvalue weighted by Gasteiger charge is -2.41. The summed E-state index contributed by atoms with van der Waals surface area (Å²) < 4.78 is 69.4. The van der Waals surface area contributed by atoms with Crippen molar-refractivity contribution in [3.8, 4) is 0 Å². The number of hydrogen-bond donors (Lipinski definition) is 1. The maximum Gasteiger partial charge on any atom is 0.416 e. The molecular formula is C33H44F5N3O2. The first-order valence-corrected chi connectivity index (χ1v) is 14.9. The van der Waals surface area contributed by atoms with Crippen molar-refractivity contribution in [2.75, 3.05) is 11.4 Å².